The molecule has 0 saturated carbocycles. The monoisotopic (exact) mass is 524 g/mol. The first-order valence-corrected chi connectivity index (χ1v) is 13.0. The third kappa shape index (κ3) is 5.42. The zero-order chi connectivity index (χ0) is 25.7. The molecule has 0 aliphatic carbocycles. The van der Waals surface area contributed by atoms with E-state index in [-0.39, 0.29) is 28.5 Å². The molecule has 0 aliphatic heterocycles. The Morgan fingerprint density at radius 1 is 1.03 bits per heavy atom. The highest BCUT2D eigenvalue weighted by molar-refractivity contribution is 7.99. The van der Waals surface area contributed by atoms with Gasteiger partial charge in [-0.25, -0.2) is 9.59 Å². The van der Waals surface area contributed by atoms with Gasteiger partial charge < -0.3 is 19.4 Å². The van der Waals surface area contributed by atoms with Crippen LogP contribution in [0.2, 0.25) is 0 Å². The van der Waals surface area contributed by atoms with E-state index in [1.807, 2.05) is 16.7 Å². The van der Waals surface area contributed by atoms with Crippen molar-refractivity contribution in [3.63, 3.8) is 0 Å². The van der Waals surface area contributed by atoms with E-state index in [2.05, 4.69) is 40.0 Å². The maximum absolute atomic E-state index is 12.7. The van der Waals surface area contributed by atoms with Crippen LogP contribution in [-0.2, 0) is 20.8 Å². The molecule has 11 heteroatoms. The average Bonchev–Trinajstić information content (AvgIpc) is 3.50. The Hall–Kier alpha value is -3.70. The molecule has 2 aromatic carbocycles. The Bertz CT molecular complexity index is 1390. The highest BCUT2D eigenvalue weighted by atomic mass is 32.2. The smallest absolute Gasteiger partial charge is 0.337 e. The number of anilines is 1. The number of thiophene rings is 1. The molecule has 2 heterocycles. The fraction of sp³-hybridized carbons (Fsp3) is 0.240. The zero-order valence-electron chi connectivity index (χ0n) is 19.9. The first-order valence-electron chi connectivity index (χ1n) is 11.1. The quantitative estimate of drug-likeness (QED) is 0.244. The first kappa shape index (κ1) is 25.4. The highest BCUT2D eigenvalue weighted by Crippen LogP contribution is 2.34. The van der Waals surface area contributed by atoms with Gasteiger partial charge in [0.2, 0.25) is 5.91 Å². The molecular formula is C25H24N4O5S2. The van der Waals surface area contributed by atoms with E-state index < -0.39 is 11.9 Å². The number of carbonyl (C=O) groups excluding carboxylic acids is 3. The minimum Gasteiger partial charge on any atom is -0.465 e. The van der Waals surface area contributed by atoms with Gasteiger partial charge in [-0.15, -0.1) is 21.5 Å². The van der Waals surface area contributed by atoms with Crippen LogP contribution in [0.15, 0.2) is 53.0 Å². The van der Waals surface area contributed by atoms with Crippen molar-refractivity contribution in [3.8, 4) is 11.4 Å². The van der Waals surface area contributed by atoms with Crippen molar-refractivity contribution in [2.45, 2.75) is 25.0 Å². The van der Waals surface area contributed by atoms with Crippen LogP contribution >= 0.6 is 23.1 Å². The second kappa shape index (κ2) is 11.4. The van der Waals surface area contributed by atoms with Crippen LogP contribution in [0.5, 0.6) is 0 Å². The van der Waals surface area contributed by atoms with Crippen LogP contribution in [0.4, 0.5) is 5.69 Å². The summed E-state index contributed by atoms with van der Waals surface area (Å²) < 4.78 is 12.7. The van der Waals surface area contributed by atoms with Gasteiger partial charge in [-0.2, -0.15) is 0 Å². The summed E-state index contributed by atoms with van der Waals surface area (Å²) in [4.78, 5) is 36.7. The Labute approximate surface area is 215 Å². The lowest BCUT2D eigenvalue weighted by Gasteiger charge is -2.10. The van der Waals surface area contributed by atoms with Crippen molar-refractivity contribution in [1.82, 2.24) is 14.8 Å². The van der Waals surface area contributed by atoms with Gasteiger partial charge in [-0.05, 0) is 30.7 Å². The van der Waals surface area contributed by atoms with Gasteiger partial charge in [0, 0.05) is 33.3 Å². The van der Waals surface area contributed by atoms with Crippen molar-refractivity contribution in [3.05, 3.63) is 59.0 Å². The Morgan fingerprint density at radius 3 is 2.39 bits per heavy atom. The summed E-state index contributed by atoms with van der Waals surface area (Å²) in [7, 11) is 2.48. The van der Waals surface area contributed by atoms with Crippen molar-refractivity contribution >= 4 is 56.7 Å². The molecule has 0 saturated heterocycles. The van der Waals surface area contributed by atoms with E-state index in [1.165, 1.54) is 48.9 Å². The van der Waals surface area contributed by atoms with Gasteiger partial charge in [0.05, 0.1) is 31.1 Å². The molecule has 0 atom stereocenters. The van der Waals surface area contributed by atoms with Crippen LogP contribution < -0.4 is 5.32 Å². The van der Waals surface area contributed by atoms with E-state index in [0.717, 1.165) is 23.2 Å². The molecule has 36 heavy (non-hydrogen) atoms. The number of nitrogens with one attached hydrogen (secondary N) is 1. The van der Waals surface area contributed by atoms with Gasteiger partial charge in [0.1, 0.15) is 0 Å². The topological polar surface area (TPSA) is 112 Å². The normalized spacial score (nSPS) is 10.9. The molecule has 186 valence electrons. The maximum atomic E-state index is 12.7. The molecule has 1 amide bonds. The largest absolute Gasteiger partial charge is 0.465 e. The van der Waals surface area contributed by atoms with Crippen molar-refractivity contribution in [2.24, 2.45) is 0 Å². The van der Waals surface area contributed by atoms with Crippen LogP contribution in [-0.4, -0.2) is 52.6 Å². The summed E-state index contributed by atoms with van der Waals surface area (Å²) >= 11 is 2.92. The Morgan fingerprint density at radius 2 is 1.72 bits per heavy atom. The molecule has 0 spiro atoms. The highest BCUT2D eigenvalue weighted by Gasteiger charge is 2.19. The first-order chi connectivity index (χ1) is 17.4. The third-order valence-corrected chi connectivity index (χ3v) is 7.21. The summed E-state index contributed by atoms with van der Waals surface area (Å²) in [6.07, 6.45) is 0.878. The minimum absolute atomic E-state index is 0.0578. The fourth-order valence-corrected chi connectivity index (χ4v) is 5.37. The number of aromatic nitrogens is 3. The number of thioether (sulfide) groups is 1. The van der Waals surface area contributed by atoms with E-state index >= 15 is 0 Å². The van der Waals surface area contributed by atoms with Gasteiger partial charge in [0.25, 0.3) is 0 Å². The summed E-state index contributed by atoms with van der Waals surface area (Å²) in [6, 6.07) is 12.4. The number of nitrogens with zero attached hydrogens (tertiary/aromatic N) is 3. The number of fused-ring (bicyclic) bond motifs is 1. The summed E-state index contributed by atoms with van der Waals surface area (Å²) in [6.45, 7) is 2.78. The number of hydrogen-bond donors (Lipinski definition) is 1. The number of hydrogen-bond acceptors (Lipinski definition) is 9. The maximum Gasteiger partial charge on any atom is 0.337 e. The number of benzene rings is 2. The molecule has 0 bridgehead atoms. The lowest BCUT2D eigenvalue weighted by atomic mass is 10.1. The van der Waals surface area contributed by atoms with E-state index in [9.17, 15) is 14.4 Å². The van der Waals surface area contributed by atoms with Crippen LogP contribution in [0.25, 0.3) is 21.5 Å². The summed E-state index contributed by atoms with van der Waals surface area (Å²) in [5, 5.41) is 15.3. The van der Waals surface area contributed by atoms with Gasteiger partial charge in [0.15, 0.2) is 11.0 Å². The van der Waals surface area contributed by atoms with E-state index in [4.69, 9.17) is 9.47 Å². The predicted molar refractivity (Wildman–Crippen MR) is 140 cm³/mol. The molecule has 9 nitrogen and oxygen atoms in total. The standard InChI is InChI=1S/C25H24N4O5S2/c1-4-9-29-22(19-13-35-20-8-6-5-7-18(19)20)27-28-25(29)36-14-21(30)26-17-11-15(23(31)33-2)10-16(12-17)24(32)34-3/h5-8,10-13H,4,9,14H2,1-3H3,(H,26,30). The zero-order valence-corrected chi connectivity index (χ0v) is 21.6. The lowest BCUT2D eigenvalue weighted by Crippen LogP contribution is -2.16. The second-order valence-electron chi connectivity index (χ2n) is 7.72. The molecular weight excluding hydrogens is 500 g/mol. The molecule has 2 aromatic heterocycles. The van der Waals surface area contributed by atoms with Crippen molar-refractivity contribution in [1.29, 1.82) is 0 Å². The molecule has 0 unspecified atom stereocenters. The molecule has 0 aliphatic rings. The summed E-state index contributed by atoms with van der Waals surface area (Å²) in [5.41, 5.74) is 1.55. The average molecular weight is 525 g/mol. The molecule has 0 radical (unpaired) electrons. The predicted octanol–water partition coefficient (Wildman–Crippen LogP) is 4.87. The van der Waals surface area contributed by atoms with Crippen molar-refractivity contribution < 1.29 is 23.9 Å². The molecule has 4 aromatic rings. The van der Waals surface area contributed by atoms with E-state index in [0.29, 0.717) is 11.7 Å². The van der Waals surface area contributed by atoms with Crippen molar-refractivity contribution in [2.75, 3.05) is 25.3 Å². The number of carbonyl (C=O) groups is 3. The number of rotatable bonds is 9. The molecule has 4 rings (SSSR count). The number of amides is 1. The molecule has 0 fully saturated rings. The fourth-order valence-electron chi connectivity index (χ4n) is 3.67. The van der Waals surface area contributed by atoms with Crippen LogP contribution in [0, 0.1) is 0 Å². The van der Waals surface area contributed by atoms with Crippen LogP contribution in [0.3, 0.4) is 0 Å². The number of methoxy groups -OCH3 is 2. The SMILES string of the molecule is CCCn1c(SCC(=O)Nc2cc(C(=O)OC)cc(C(=O)OC)c2)nnc1-c1csc2ccccc12. The lowest BCUT2D eigenvalue weighted by molar-refractivity contribution is -0.113. The second-order valence-corrected chi connectivity index (χ2v) is 9.58. The van der Waals surface area contributed by atoms with Gasteiger partial charge >= 0.3 is 11.9 Å². The minimum atomic E-state index is -0.633. The van der Waals surface area contributed by atoms with Crippen LogP contribution in [0.1, 0.15) is 34.1 Å². The summed E-state index contributed by atoms with van der Waals surface area (Å²) in [5.74, 6) is -0.766. The Balaban J connectivity index is 1.52. The third-order valence-electron chi connectivity index (χ3n) is 5.28. The van der Waals surface area contributed by atoms with Gasteiger partial charge in [-0.1, -0.05) is 36.9 Å². The van der Waals surface area contributed by atoms with Gasteiger partial charge in [-0.3, -0.25) is 4.79 Å². The number of ether oxygens (including phenoxy) is 2. The number of esters is 2. The Kier molecular flexibility index (Phi) is 8.01. The molecule has 1 N–H and O–H groups in total. The van der Waals surface area contributed by atoms with E-state index in [1.54, 1.807) is 11.3 Å².